The minimum atomic E-state index is -4.69. The summed E-state index contributed by atoms with van der Waals surface area (Å²) in [6.07, 6.45) is 33.9. The Balaban J connectivity index is -0.000000757. The van der Waals surface area contributed by atoms with Gasteiger partial charge in [-0.3, -0.25) is 0 Å². The Labute approximate surface area is 299 Å². The summed E-state index contributed by atoms with van der Waals surface area (Å²) in [7, 11) is -4.69. The van der Waals surface area contributed by atoms with E-state index in [1.54, 1.807) is 0 Å². The van der Waals surface area contributed by atoms with Crippen LogP contribution in [0.5, 0.6) is 0 Å². The van der Waals surface area contributed by atoms with Gasteiger partial charge >= 0.3 is 0 Å². The first-order valence-corrected chi connectivity index (χ1v) is 22.1. The quantitative estimate of drug-likeness (QED) is 0.0562. The van der Waals surface area contributed by atoms with E-state index in [2.05, 4.69) is 55.4 Å². The van der Waals surface area contributed by atoms with Gasteiger partial charge in [-0.15, -0.1) is 0 Å². The zero-order valence-electron chi connectivity index (χ0n) is 33.6. The van der Waals surface area contributed by atoms with E-state index >= 15 is 0 Å². The van der Waals surface area contributed by atoms with E-state index < -0.39 is 10.2 Å². The number of unbranched alkanes of at least 4 members (excludes halogenated alkanes) is 16. The van der Waals surface area contributed by atoms with Gasteiger partial charge in [-0.2, -0.15) is 14.0 Å². The molecule has 0 aromatic rings. The molecule has 0 aromatic carbocycles. The lowest BCUT2D eigenvalue weighted by Crippen LogP contribution is -2.58. The fourth-order valence-electron chi connectivity index (χ4n) is 6.81. The molecule has 0 bridgehead atoms. The number of rotatable bonds is 32. The highest BCUT2D eigenvalue weighted by Crippen LogP contribution is 2.20. The summed E-state index contributed by atoms with van der Waals surface area (Å²) in [5.74, 6) is 0. The Morgan fingerprint density at radius 2 is 0.447 bits per heavy atom. The molecule has 0 saturated carbocycles. The smallest absolute Gasteiger partial charge is 0.0786 e. The van der Waals surface area contributed by atoms with E-state index in [-0.39, 0.29) is 0 Å². The number of hydrogen-bond donors (Lipinski definition) is 1. The van der Waals surface area contributed by atoms with E-state index in [9.17, 15) is 0 Å². The summed E-state index contributed by atoms with van der Waals surface area (Å²) in [5.41, 5.74) is 0. The van der Waals surface area contributed by atoms with Gasteiger partial charge in [0, 0.05) is 0 Å². The minimum Gasteiger partial charge on any atom is -0.324 e. The lowest BCUT2D eigenvalue weighted by atomic mass is 10.1. The molecule has 7 heteroatoms. The summed E-state index contributed by atoms with van der Waals surface area (Å²) in [6, 6.07) is 0. The number of quaternary nitrogens is 2. The van der Waals surface area contributed by atoms with E-state index in [1.807, 2.05) is 0 Å². The third kappa shape index (κ3) is 38.7. The molecule has 0 aliphatic heterocycles. The SMILES string of the molecule is CCCCCC[N+](CCCCCC)(CCCCCC)CCCCCC.CCCC[N+](CCCC)(CCCC)CCCC.[O-][Cl+3]([O-])([O-])O. The maximum Gasteiger partial charge on any atom is 0.0786 e. The average Bonchev–Trinajstić information content (AvgIpc) is 3.04. The molecule has 0 rings (SSSR count). The van der Waals surface area contributed by atoms with Crippen molar-refractivity contribution in [3.63, 3.8) is 0 Å². The lowest BCUT2D eigenvalue weighted by Gasteiger charge is -2.39. The Bertz CT molecular complexity index is 492. The molecule has 0 amide bonds. The van der Waals surface area contributed by atoms with E-state index in [4.69, 9.17) is 18.6 Å². The molecule has 0 fully saturated rings. The molecule has 1 N–H and O–H groups in total. The predicted molar refractivity (Wildman–Crippen MR) is 198 cm³/mol. The first kappa shape index (κ1) is 51.4. The van der Waals surface area contributed by atoms with Crippen molar-refractivity contribution in [2.24, 2.45) is 0 Å². The van der Waals surface area contributed by atoms with E-state index in [0.29, 0.717) is 0 Å². The molecule has 0 aliphatic rings. The third-order valence-corrected chi connectivity index (χ3v) is 9.89. The van der Waals surface area contributed by atoms with E-state index in [1.165, 1.54) is 215 Å². The summed E-state index contributed by atoms with van der Waals surface area (Å²) < 4.78 is 35.6. The van der Waals surface area contributed by atoms with Crippen LogP contribution in [0.2, 0.25) is 0 Å². The summed E-state index contributed by atoms with van der Waals surface area (Å²) >= 11 is 0. The molecule has 288 valence electrons. The number of hydrogen-bond acceptors (Lipinski definition) is 4. The fourth-order valence-corrected chi connectivity index (χ4v) is 6.81. The molecule has 0 aromatic heterocycles. The largest absolute Gasteiger partial charge is 0.324 e. The highest BCUT2D eigenvalue weighted by molar-refractivity contribution is 4.54. The number of nitrogens with zero attached hydrogens (tertiary/aromatic N) is 2. The Morgan fingerprint density at radius 3 is 0.596 bits per heavy atom. The van der Waals surface area contributed by atoms with Crippen molar-refractivity contribution >= 4 is 0 Å². The first-order chi connectivity index (χ1) is 22.5. The minimum absolute atomic E-state index is 1.35. The Morgan fingerprint density at radius 1 is 0.298 bits per heavy atom. The normalized spacial score (nSPS) is 12.0. The van der Waals surface area contributed by atoms with Gasteiger partial charge in [-0.1, -0.05) is 132 Å². The molecular formula is C40H89ClN2O4+2. The number of halogens is 1. The molecule has 0 radical (unpaired) electrons. The molecular weight excluding hydrogens is 608 g/mol. The van der Waals surface area contributed by atoms with Crippen molar-refractivity contribution in [2.75, 3.05) is 52.4 Å². The Hall–Kier alpha value is 0.0500. The van der Waals surface area contributed by atoms with Crippen LogP contribution in [0.3, 0.4) is 0 Å². The van der Waals surface area contributed by atoms with Gasteiger partial charge in [0.2, 0.25) is 0 Å². The van der Waals surface area contributed by atoms with Gasteiger partial charge in [0.25, 0.3) is 0 Å². The zero-order chi connectivity index (χ0) is 36.1. The predicted octanol–water partition coefficient (Wildman–Crippen LogP) is 9.00. The van der Waals surface area contributed by atoms with Crippen molar-refractivity contribution in [2.45, 2.75) is 209 Å². The maximum atomic E-state index is 8.60. The zero-order valence-corrected chi connectivity index (χ0v) is 34.3. The van der Waals surface area contributed by atoms with Crippen molar-refractivity contribution in [1.82, 2.24) is 0 Å². The van der Waals surface area contributed by atoms with Crippen molar-refractivity contribution < 1.29 is 37.8 Å². The molecule has 0 atom stereocenters. The van der Waals surface area contributed by atoms with Crippen LogP contribution >= 0.6 is 0 Å². The second-order valence-electron chi connectivity index (χ2n) is 14.5. The van der Waals surface area contributed by atoms with Crippen LogP contribution in [0.25, 0.3) is 0 Å². The average molecular weight is 698 g/mol. The Kier molecular flexibility index (Phi) is 40.8. The maximum absolute atomic E-state index is 8.60. The highest BCUT2D eigenvalue weighted by atomic mass is 35.7. The van der Waals surface area contributed by atoms with Crippen molar-refractivity contribution in [3.05, 3.63) is 0 Å². The van der Waals surface area contributed by atoms with Crippen LogP contribution in [0.15, 0.2) is 0 Å². The van der Waals surface area contributed by atoms with Gasteiger partial charge in [0.15, 0.2) is 0 Å². The van der Waals surface area contributed by atoms with Gasteiger partial charge in [-0.25, -0.2) is 0 Å². The van der Waals surface area contributed by atoms with Gasteiger partial charge < -0.3 is 8.97 Å². The second-order valence-corrected chi connectivity index (χ2v) is 15.3. The topological polar surface area (TPSA) is 89.4 Å². The third-order valence-electron chi connectivity index (χ3n) is 9.89. The monoisotopic (exact) mass is 697 g/mol. The van der Waals surface area contributed by atoms with Gasteiger partial charge in [0.1, 0.15) is 0 Å². The van der Waals surface area contributed by atoms with E-state index in [0.717, 1.165) is 0 Å². The molecule has 47 heavy (non-hydrogen) atoms. The van der Waals surface area contributed by atoms with Crippen LogP contribution in [0, 0.1) is 10.2 Å². The highest BCUT2D eigenvalue weighted by Gasteiger charge is 2.26. The van der Waals surface area contributed by atoms with Crippen LogP contribution in [0.4, 0.5) is 0 Å². The van der Waals surface area contributed by atoms with Gasteiger partial charge in [-0.05, 0) is 77.0 Å². The van der Waals surface area contributed by atoms with Crippen molar-refractivity contribution in [3.8, 4) is 0 Å². The summed E-state index contributed by atoms with van der Waals surface area (Å²) in [4.78, 5) is 0. The second kappa shape index (κ2) is 37.3. The molecule has 0 unspecified atom stereocenters. The van der Waals surface area contributed by atoms with Crippen LogP contribution < -0.4 is 14.0 Å². The van der Waals surface area contributed by atoms with Crippen LogP contribution in [0.1, 0.15) is 209 Å². The summed E-state index contributed by atoms with van der Waals surface area (Å²) in [6.45, 7) is 30.2. The lowest BCUT2D eigenvalue weighted by molar-refractivity contribution is -1.92. The summed E-state index contributed by atoms with van der Waals surface area (Å²) in [5, 5.41) is 0. The molecule has 0 saturated heterocycles. The van der Waals surface area contributed by atoms with Crippen molar-refractivity contribution in [1.29, 1.82) is 0 Å². The van der Waals surface area contributed by atoms with Crippen LogP contribution in [-0.4, -0.2) is 66.0 Å². The molecule has 0 spiro atoms. The standard InChI is InChI=1S/C24H52N.C16H36N.ClHO4/c1-5-9-13-17-21-25(22-18-14-10-6-2,23-19-15-11-7-3)24-20-16-12-8-4;1-5-9-13-17(14-10-6-2,15-11-7-3)16-12-8-4;2-1(3,4)5/h5-24H2,1-4H3;5-16H2,1-4H3;(H,2,3,4,5)/q2*+1;. The fraction of sp³-hybridized carbons (Fsp3) is 1.00. The molecule has 6 nitrogen and oxygen atoms in total. The molecule has 0 heterocycles. The first-order valence-electron chi connectivity index (χ1n) is 20.8. The molecule has 0 aliphatic carbocycles. The van der Waals surface area contributed by atoms with Gasteiger partial charge in [0.05, 0.1) is 67.3 Å². The van der Waals surface area contributed by atoms with Crippen LogP contribution in [-0.2, 0) is 0 Å².